The van der Waals surface area contributed by atoms with Crippen LogP contribution in [0.2, 0.25) is 5.02 Å². The van der Waals surface area contributed by atoms with E-state index in [0.717, 1.165) is 25.9 Å². The van der Waals surface area contributed by atoms with Crippen molar-refractivity contribution in [1.29, 1.82) is 5.41 Å². The number of nitrogens with two attached hydrogens (primary N) is 1. The number of rotatable bonds is 6. The van der Waals surface area contributed by atoms with E-state index in [-0.39, 0.29) is 5.84 Å². The Bertz CT molecular complexity index is 445. The zero-order chi connectivity index (χ0) is 13.7. The van der Waals surface area contributed by atoms with Crippen molar-refractivity contribution in [1.82, 2.24) is 0 Å². The van der Waals surface area contributed by atoms with E-state index in [0.29, 0.717) is 29.0 Å². The molecule has 104 valence electrons. The lowest BCUT2D eigenvalue weighted by molar-refractivity contribution is 0.0981. The number of hydrogen-bond acceptors (Lipinski definition) is 3. The van der Waals surface area contributed by atoms with Crippen molar-refractivity contribution >= 4 is 17.4 Å². The molecule has 2 rings (SSSR count). The van der Waals surface area contributed by atoms with Gasteiger partial charge in [0.25, 0.3) is 0 Å². The molecule has 1 aliphatic rings. The van der Waals surface area contributed by atoms with Gasteiger partial charge in [0, 0.05) is 12.2 Å². The monoisotopic (exact) mass is 282 g/mol. The fraction of sp³-hybridized carbons (Fsp3) is 0.500. The predicted molar refractivity (Wildman–Crippen MR) is 76.2 cm³/mol. The van der Waals surface area contributed by atoms with E-state index >= 15 is 0 Å². The Morgan fingerprint density at radius 3 is 3.00 bits per heavy atom. The van der Waals surface area contributed by atoms with Crippen LogP contribution in [-0.4, -0.2) is 25.2 Å². The molecule has 3 N–H and O–H groups in total. The zero-order valence-electron chi connectivity index (χ0n) is 10.8. The molecule has 1 unspecified atom stereocenters. The first-order valence-electron chi connectivity index (χ1n) is 6.55. The van der Waals surface area contributed by atoms with Crippen LogP contribution in [0.4, 0.5) is 0 Å². The van der Waals surface area contributed by atoms with Gasteiger partial charge >= 0.3 is 0 Å². The largest absolute Gasteiger partial charge is 0.492 e. The minimum Gasteiger partial charge on any atom is -0.492 e. The maximum absolute atomic E-state index is 7.33. The summed E-state index contributed by atoms with van der Waals surface area (Å²) in [6.45, 7) is 1.52. The van der Waals surface area contributed by atoms with Crippen molar-refractivity contribution in [2.75, 3.05) is 13.2 Å². The van der Waals surface area contributed by atoms with E-state index in [1.807, 2.05) is 0 Å². The van der Waals surface area contributed by atoms with E-state index in [1.54, 1.807) is 18.2 Å². The van der Waals surface area contributed by atoms with Crippen LogP contribution in [0.25, 0.3) is 0 Å². The first-order chi connectivity index (χ1) is 9.16. The van der Waals surface area contributed by atoms with E-state index in [4.69, 9.17) is 32.2 Å². The Labute approximate surface area is 118 Å². The molecule has 0 bridgehead atoms. The molecule has 0 aliphatic carbocycles. The van der Waals surface area contributed by atoms with Crippen molar-refractivity contribution in [3.8, 4) is 5.75 Å². The van der Waals surface area contributed by atoms with Crippen LogP contribution in [0, 0.1) is 5.41 Å². The maximum atomic E-state index is 7.33. The van der Waals surface area contributed by atoms with Gasteiger partial charge in [0.05, 0.1) is 17.7 Å². The summed E-state index contributed by atoms with van der Waals surface area (Å²) < 4.78 is 11.2. The normalized spacial score (nSPS) is 18.5. The summed E-state index contributed by atoms with van der Waals surface area (Å²) in [4.78, 5) is 0. The first kappa shape index (κ1) is 14.2. The molecule has 5 heteroatoms. The molecule has 1 atom stereocenters. The molecule has 0 amide bonds. The fourth-order valence-corrected chi connectivity index (χ4v) is 2.39. The summed E-state index contributed by atoms with van der Waals surface area (Å²) in [5, 5.41) is 7.82. The number of benzene rings is 1. The molecule has 1 heterocycles. The molecular weight excluding hydrogens is 264 g/mol. The number of halogens is 1. The molecule has 0 aromatic heterocycles. The number of nitrogen functional groups attached to an aromatic ring is 1. The highest BCUT2D eigenvalue weighted by atomic mass is 35.5. The molecule has 1 saturated heterocycles. The standard InChI is InChI=1S/C14H19ClN2O2/c15-12-9-10(14(16)17)5-6-13(12)19-8-2-4-11-3-1-7-18-11/h5-6,9,11H,1-4,7-8H2,(H3,16,17). The van der Waals surface area contributed by atoms with Crippen LogP contribution in [0.5, 0.6) is 5.75 Å². The quantitative estimate of drug-likeness (QED) is 0.479. The van der Waals surface area contributed by atoms with E-state index in [9.17, 15) is 0 Å². The summed E-state index contributed by atoms with van der Waals surface area (Å²) in [7, 11) is 0. The summed E-state index contributed by atoms with van der Waals surface area (Å²) in [6.07, 6.45) is 4.72. The maximum Gasteiger partial charge on any atom is 0.137 e. The number of hydrogen-bond donors (Lipinski definition) is 2. The van der Waals surface area contributed by atoms with Crippen LogP contribution in [0.1, 0.15) is 31.2 Å². The Morgan fingerprint density at radius 2 is 2.37 bits per heavy atom. The average Bonchev–Trinajstić information content (AvgIpc) is 2.89. The lowest BCUT2D eigenvalue weighted by atomic mass is 10.1. The number of nitrogens with one attached hydrogen (secondary N) is 1. The van der Waals surface area contributed by atoms with Crippen molar-refractivity contribution in [3.05, 3.63) is 28.8 Å². The van der Waals surface area contributed by atoms with Gasteiger partial charge in [-0.05, 0) is 43.9 Å². The number of ether oxygens (including phenoxy) is 2. The van der Waals surface area contributed by atoms with Gasteiger partial charge in [-0.2, -0.15) is 0 Å². The van der Waals surface area contributed by atoms with Crippen LogP contribution in [0.15, 0.2) is 18.2 Å². The average molecular weight is 283 g/mol. The molecule has 0 spiro atoms. The molecule has 1 aliphatic heterocycles. The second-order valence-corrected chi connectivity index (χ2v) is 5.09. The minimum absolute atomic E-state index is 0.00633. The van der Waals surface area contributed by atoms with Crippen LogP contribution in [-0.2, 0) is 4.74 Å². The summed E-state index contributed by atoms with van der Waals surface area (Å²) in [5.41, 5.74) is 6.00. The van der Waals surface area contributed by atoms with Gasteiger partial charge in [-0.25, -0.2) is 0 Å². The SMILES string of the molecule is N=C(N)c1ccc(OCCCC2CCCO2)c(Cl)c1. The molecule has 19 heavy (non-hydrogen) atoms. The highest BCUT2D eigenvalue weighted by Gasteiger charge is 2.14. The molecule has 4 nitrogen and oxygen atoms in total. The Hall–Kier alpha value is -1.26. The number of amidine groups is 1. The molecule has 0 saturated carbocycles. The van der Waals surface area contributed by atoms with Gasteiger partial charge in [-0.15, -0.1) is 0 Å². The van der Waals surface area contributed by atoms with Gasteiger partial charge in [-0.1, -0.05) is 11.6 Å². The summed E-state index contributed by atoms with van der Waals surface area (Å²) in [6, 6.07) is 5.15. The van der Waals surface area contributed by atoms with Crippen molar-refractivity contribution in [3.63, 3.8) is 0 Å². The highest BCUT2D eigenvalue weighted by Crippen LogP contribution is 2.26. The molecule has 0 radical (unpaired) electrons. The molecule has 1 aromatic rings. The third kappa shape index (κ3) is 4.11. The van der Waals surface area contributed by atoms with Crippen LogP contribution >= 0.6 is 11.6 Å². The Balaban J connectivity index is 1.77. The van der Waals surface area contributed by atoms with Crippen molar-refractivity contribution in [2.45, 2.75) is 31.8 Å². The third-order valence-electron chi connectivity index (χ3n) is 3.19. The van der Waals surface area contributed by atoms with E-state index in [1.165, 1.54) is 6.42 Å². The van der Waals surface area contributed by atoms with Gasteiger partial charge in [-0.3, -0.25) is 5.41 Å². The van der Waals surface area contributed by atoms with E-state index in [2.05, 4.69) is 0 Å². The lowest BCUT2D eigenvalue weighted by Gasteiger charge is -2.11. The Kier molecular flexibility index (Phi) is 5.05. The molecular formula is C14H19ClN2O2. The van der Waals surface area contributed by atoms with Crippen LogP contribution in [0.3, 0.4) is 0 Å². The van der Waals surface area contributed by atoms with Gasteiger partial charge in [0.2, 0.25) is 0 Å². The van der Waals surface area contributed by atoms with Gasteiger partial charge in [0.1, 0.15) is 11.6 Å². The predicted octanol–water partition coefficient (Wildman–Crippen LogP) is 2.96. The van der Waals surface area contributed by atoms with E-state index < -0.39 is 0 Å². The lowest BCUT2D eigenvalue weighted by Crippen LogP contribution is -2.11. The second-order valence-electron chi connectivity index (χ2n) is 4.68. The fourth-order valence-electron chi connectivity index (χ4n) is 2.15. The van der Waals surface area contributed by atoms with Crippen molar-refractivity contribution < 1.29 is 9.47 Å². The highest BCUT2D eigenvalue weighted by molar-refractivity contribution is 6.32. The smallest absolute Gasteiger partial charge is 0.137 e. The first-order valence-corrected chi connectivity index (χ1v) is 6.93. The minimum atomic E-state index is 0.00633. The van der Waals surface area contributed by atoms with Gasteiger partial charge in [0.15, 0.2) is 0 Å². The zero-order valence-corrected chi connectivity index (χ0v) is 11.6. The summed E-state index contributed by atoms with van der Waals surface area (Å²) in [5.74, 6) is 0.644. The van der Waals surface area contributed by atoms with Crippen molar-refractivity contribution in [2.24, 2.45) is 5.73 Å². The third-order valence-corrected chi connectivity index (χ3v) is 3.49. The summed E-state index contributed by atoms with van der Waals surface area (Å²) >= 11 is 6.08. The second kappa shape index (κ2) is 6.78. The topological polar surface area (TPSA) is 68.3 Å². The molecule has 1 fully saturated rings. The van der Waals surface area contributed by atoms with Crippen LogP contribution < -0.4 is 10.5 Å². The van der Waals surface area contributed by atoms with Gasteiger partial charge < -0.3 is 15.2 Å². The molecule has 1 aromatic carbocycles. The Morgan fingerprint density at radius 1 is 1.53 bits per heavy atom.